The maximum Gasteiger partial charge on any atom is 0.264 e. The van der Waals surface area contributed by atoms with Gasteiger partial charge in [-0.05, 0) is 41.7 Å². The summed E-state index contributed by atoms with van der Waals surface area (Å²) >= 11 is 0. The molecule has 0 unspecified atom stereocenters. The molecule has 152 valence electrons. The molecule has 0 atom stereocenters. The van der Waals surface area contributed by atoms with Crippen LogP contribution in [0.25, 0.3) is 0 Å². The Bertz CT molecular complexity index is 748. The number of unbranched alkanes of at least 4 members (excludes halogenated alkanes) is 3. The van der Waals surface area contributed by atoms with Gasteiger partial charge in [0.05, 0.1) is 14.2 Å². The fraction of sp³-hybridized carbons (Fsp3) is 0.478. The molecule has 0 radical (unpaired) electrons. The van der Waals surface area contributed by atoms with E-state index in [-0.39, 0.29) is 11.3 Å². The number of hydrogen-bond acceptors (Lipinski definition) is 4. The molecule has 5 heteroatoms. The van der Waals surface area contributed by atoms with Crippen LogP contribution in [-0.4, -0.2) is 25.1 Å². The molecule has 1 aromatic heterocycles. The Balaban J connectivity index is 2.31. The fourth-order valence-corrected chi connectivity index (χ4v) is 3.28. The normalized spacial score (nSPS) is 11.2. The van der Waals surface area contributed by atoms with Gasteiger partial charge in [0.1, 0.15) is 22.9 Å². The minimum Gasteiger partial charge on any atom is -0.496 e. The third-order valence-electron chi connectivity index (χ3n) is 5.08. The summed E-state index contributed by atoms with van der Waals surface area (Å²) in [6.07, 6.45) is 7.59. The van der Waals surface area contributed by atoms with Crippen LogP contribution in [0.1, 0.15) is 68.8 Å². The van der Waals surface area contributed by atoms with Crippen molar-refractivity contribution in [2.24, 2.45) is 0 Å². The first kappa shape index (κ1) is 21.7. The summed E-state index contributed by atoms with van der Waals surface area (Å²) in [5, 5.41) is 2.80. The van der Waals surface area contributed by atoms with Crippen molar-refractivity contribution >= 4 is 11.7 Å². The van der Waals surface area contributed by atoms with Gasteiger partial charge in [-0.2, -0.15) is 0 Å². The van der Waals surface area contributed by atoms with Gasteiger partial charge in [0, 0.05) is 6.20 Å². The molecule has 0 aliphatic rings. The predicted molar refractivity (Wildman–Crippen MR) is 114 cm³/mol. The second-order valence-electron chi connectivity index (χ2n) is 7.62. The van der Waals surface area contributed by atoms with Gasteiger partial charge in [-0.15, -0.1) is 0 Å². The van der Waals surface area contributed by atoms with Crippen LogP contribution in [0, 0.1) is 0 Å². The molecule has 28 heavy (non-hydrogen) atoms. The van der Waals surface area contributed by atoms with Crippen LogP contribution < -0.4 is 14.8 Å². The average molecular weight is 385 g/mol. The van der Waals surface area contributed by atoms with Gasteiger partial charge in [-0.3, -0.25) is 4.79 Å². The van der Waals surface area contributed by atoms with Gasteiger partial charge in [0.25, 0.3) is 5.91 Å². The molecule has 0 bridgehead atoms. The highest BCUT2D eigenvalue weighted by Gasteiger charge is 2.26. The number of pyridine rings is 1. The number of methoxy groups -OCH3 is 2. The lowest BCUT2D eigenvalue weighted by atomic mass is 9.79. The second-order valence-corrected chi connectivity index (χ2v) is 7.62. The molecule has 1 amide bonds. The minimum absolute atomic E-state index is 0.0374. The largest absolute Gasteiger partial charge is 0.496 e. The lowest BCUT2D eigenvalue weighted by Crippen LogP contribution is -2.20. The maximum absolute atomic E-state index is 12.9. The zero-order valence-corrected chi connectivity index (χ0v) is 17.7. The van der Waals surface area contributed by atoms with Crippen molar-refractivity contribution in [3.05, 3.63) is 47.7 Å². The Kier molecular flexibility index (Phi) is 7.85. The zero-order valence-electron chi connectivity index (χ0n) is 17.7. The number of carbonyl (C=O) groups is 1. The smallest absolute Gasteiger partial charge is 0.264 e. The Morgan fingerprint density at radius 1 is 1.07 bits per heavy atom. The number of benzene rings is 1. The topological polar surface area (TPSA) is 60.5 Å². The maximum atomic E-state index is 12.9. The van der Waals surface area contributed by atoms with Gasteiger partial charge in [0.15, 0.2) is 0 Å². The summed E-state index contributed by atoms with van der Waals surface area (Å²) in [6, 6.07) is 9.27. The van der Waals surface area contributed by atoms with E-state index in [9.17, 15) is 4.79 Å². The van der Waals surface area contributed by atoms with E-state index in [2.05, 4.69) is 31.1 Å². The summed E-state index contributed by atoms with van der Waals surface area (Å²) in [5.41, 5.74) is 1.44. The number of amides is 1. The summed E-state index contributed by atoms with van der Waals surface area (Å²) < 4.78 is 11.1. The summed E-state index contributed by atoms with van der Waals surface area (Å²) in [6.45, 7) is 6.66. The Morgan fingerprint density at radius 2 is 1.75 bits per heavy atom. The molecule has 0 fully saturated rings. The molecule has 0 saturated carbocycles. The number of aromatic nitrogens is 1. The third kappa shape index (κ3) is 5.47. The lowest BCUT2D eigenvalue weighted by molar-refractivity contribution is 0.102. The summed E-state index contributed by atoms with van der Waals surface area (Å²) in [4.78, 5) is 17.0. The van der Waals surface area contributed by atoms with E-state index in [4.69, 9.17) is 9.47 Å². The van der Waals surface area contributed by atoms with Crippen molar-refractivity contribution in [1.82, 2.24) is 4.98 Å². The van der Waals surface area contributed by atoms with Gasteiger partial charge in [-0.1, -0.05) is 52.5 Å². The molecule has 1 aromatic carbocycles. The van der Waals surface area contributed by atoms with E-state index in [1.165, 1.54) is 25.7 Å². The highest BCUT2D eigenvalue weighted by atomic mass is 16.5. The predicted octanol–water partition coefficient (Wildman–Crippen LogP) is 5.60. The van der Waals surface area contributed by atoms with Crippen LogP contribution in [0.15, 0.2) is 36.5 Å². The first-order chi connectivity index (χ1) is 13.4. The molecule has 5 nitrogen and oxygen atoms in total. The van der Waals surface area contributed by atoms with E-state index in [1.807, 2.05) is 18.2 Å². The first-order valence-corrected chi connectivity index (χ1v) is 9.91. The van der Waals surface area contributed by atoms with Crippen LogP contribution in [0.4, 0.5) is 5.82 Å². The minimum atomic E-state index is -0.306. The SMILES string of the molecule is CCCCCCC(C)(C)c1cc(OC)c(C(=O)Nc2ccccn2)c(OC)c1. The van der Waals surface area contributed by atoms with E-state index in [1.54, 1.807) is 32.5 Å². The van der Waals surface area contributed by atoms with Gasteiger partial charge in [-0.25, -0.2) is 4.98 Å². The monoisotopic (exact) mass is 384 g/mol. The number of hydrogen-bond donors (Lipinski definition) is 1. The van der Waals surface area contributed by atoms with Crippen molar-refractivity contribution in [1.29, 1.82) is 0 Å². The molecule has 0 saturated heterocycles. The number of rotatable bonds is 10. The average Bonchev–Trinajstić information content (AvgIpc) is 2.70. The molecule has 1 heterocycles. The van der Waals surface area contributed by atoms with Crippen LogP contribution in [-0.2, 0) is 5.41 Å². The van der Waals surface area contributed by atoms with Gasteiger partial charge < -0.3 is 14.8 Å². The van der Waals surface area contributed by atoms with Crippen molar-refractivity contribution in [2.45, 2.75) is 58.3 Å². The van der Waals surface area contributed by atoms with Crippen LogP contribution in [0.3, 0.4) is 0 Å². The molecule has 2 aromatic rings. The fourth-order valence-electron chi connectivity index (χ4n) is 3.28. The number of nitrogens with zero attached hydrogens (tertiary/aromatic N) is 1. The van der Waals surface area contributed by atoms with E-state index in [0.29, 0.717) is 22.9 Å². The van der Waals surface area contributed by atoms with Gasteiger partial charge >= 0.3 is 0 Å². The Hall–Kier alpha value is -2.56. The summed E-state index contributed by atoms with van der Waals surface area (Å²) in [5.74, 6) is 1.19. The Labute approximate surface area is 168 Å². The summed E-state index contributed by atoms with van der Waals surface area (Å²) in [7, 11) is 3.15. The highest BCUT2D eigenvalue weighted by Crippen LogP contribution is 2.38. The van der Waals surface area contributed by atoms with E-state index < -0.39 is 0 Å². The third-order valence-corrected chi connectivity index (χ3v) is 5.08. The number of carbonyl (C=O) groups excluding carboxylic acids is 1. The van der Waals surface area contributed by atoms with Crippen molar-refractivity contribution in [3.8, 4) is 11.5 Å². The molecule has 0 spiro atoms. The quantitative estimate of drug-likeness (QED) is 0.542. The van der Waals surface area contributed by atoms with Crippen LogP contribution in [0.2, 0.25) is 0 Å². The Morgan fingerprint density at radius 3 is 2.29 bits per heavy atom. The standard InChI is InChI=1S/C23H32N2O3/c1-6-7-8-10-13-23(2,3)17-15-18(27-4)21(19(16-17)28-5)22(26)25-20-12-9-11-14-24-20/h9,11-12,14-16H,6-8,10,13H2,1-5H3,(H,24,25,26). The van der Waals surface area contributed by atoms with Crippen molar-refractivity contribution in [3.63, 3.8) is 0 Å². The lowest BCUT2D eigenvalue weighted by Gasteiger charge is -2.27. The molecule has 1 N–H and O–H groups in total. The van der Waals surface area contributed by atoms with Gasteiger partial charge in [0.2, 0.25) is 0 Å². The van der Waals surface area contributed by atoms with Crippen molar-refractivity contribution in [2.75, 3.05) is 19.5 Å². The highest BCUT2D eigenvalue weighted by molar-refractivity contribution is 6.08. The molecule has 0 aliphatic carbocycles. The van der Waals surface area contributed by atoms with Crippen molar-refractivity contribution < 1.29 is 14.3 Å². The van der Waals surface area contributed by atoms with E-state index in [0.717, 1.165) is 12.0 Å². The number of nitrogens with one attached hydrogen (secondary N) is 1. The molecule has 2 rings (SSSR count). The van der Waals surface area contributed by atoms with E-state index >= 15 is 0 Å². The second kappa shape index (κ2) is 10.1. The first-order valence-electron chi connectivity index (χ1n) is 9.91. The molecular formula is C23H32N2O3. The van der Waals surface area contributed by atoms with Crippen LogP contribution >= 0.6 is 0 Å². The number of ether oxygens (including phenoxy) is 2. The number of anilines is 1. The zero-order chi connectivity index (χ0) is 20.6. The molecular weight excluding hydrogens is 352 g/mol. The molecule has 0 aliphatic heterocycles. The van der Waals surface area contributed by atoms with Crippen LogP contribution in [0.5, 0.6) is 11.5 Å².